The van der Waals surface area contributed by atoms with Gasteiger partial charge in [-0.25, -0.2) is 4.39 Å². The van der Waals surface area contributed by atoms with Gasteiger partial charge in [0.15, 0.2) is 0 Å². The number of aldehydes is 1. The third-order valence-electron chi connectivity index (χ3n) is 5.95. The second-order valence-corrected chi connectivity index (χ2v) is 7.80. The van der Waals surface area contributed by atoms with E-state index in [9.17, 15) is 14.0 Å². The van der Waals surface area contributed by atoms with Gasteiger partial charge < -0.3 is 19.2 Å². The third-order valence-corrected chi connectivity index (χ3v) is 5.95. The molecule has 8 nitrogen and oxygen atoms in total. The predicted octanol–water partition coefficient (Wildman–Crippen LogP) is 3.35. The van der Waals surface area contributed by atoms with Crippen molar-refractivity contribution in [2.45, 2.75) is 37.1 Å². The molecular weight excluding hydrogens is 415 g/mol. The minimum absolute atomic E-state index is 0.0412. The lowest BCUT2D eigenvalue weighted by Gasteiger charge is -2.41. The quantitative estimate of drug-likeness (QED) is 0.298. The molecule has 1 saturated heterocycles. The molecule has 0 radical (unpaired) electrons. The Morgan fingerprint density at radius 2 is 2.06 bits per heavy atom. The smallest absolute Gasteiger partial charge is 0.252 e. The Morgan fingerprint density at radius 1 is 1.28 bits per heavy atom. The summed E-state index contributed by atoms with van der Waals surface area (Å²) in [6, 6.07) is 13.1. The summed E-state index contributed by atoms with van der Waals surface area (Å²) < 4.78 is 24.8. The van der Waals surface area contributed by atoms with E-state index in [1.54, 1.807) is 17.0 Å². The van der Waals surface area contributed by atoms with E-state index in [0.717, 1.165) is 16.7 Å². The maximum absolute atomic E-state index is 13.6. The van der Waals surface area contributed by atoms with Crippen molar-refractivity contribution >= 4 is 12.2 Å². The first-order valence-corrected chi connectivity index (χ1v) is 10.5. The highest BCUT2D eigenvalue weighted by molar-refractivity contribution is 5.82. The molecule has 166 valence electrons. The fourth-order valence-corrected chi connectivity index (χ4v) is 4.44. The monoisotopic (exact) mass is 438 g/mol. The summed E-state index contributed by atoms with van der Waals surface area (Å²) in [5.41, 5.74) is 11.9. The summed E-state index contributed by atoms with van der Waals surface area (Å²) in [7, 11) is 0. The molecule has 2 aromatic rings. The summed E-state index contributed by atoms with van der Waals surface area (Å²) in [6.45, 7) is 0.383. The number of ether oxygens (including phenoxy) is 2. The topological polar surface area (TPSA) is 105 Å². The summed E-state index contributed by atoms with van der Waals surface area (Å²) in [5, 5.41) is 3.77. The van der Waals surface area contributed by atoms with E-state index in [-0.39, 0.29) is 37.4 Å². The lowest BCUT2D eigenvalue weighted by atomic mass is 9.87. The fourth-order valence-electron chi connectivity index (χ4n) is 4.44. The van der Waals surface area contributed by atoms with Gasteiger partial charge in [-0.05, 0) is 47.2 Å². The first-order chi connectivity index (χ1) is 15.6. The molecule has 9 heteroatoms. The molecule has 0 bridgehead atoms. The van der Waals surface area contributed by atoms with Gasteiger partial charge in [0.1, 0.15) is 24.8 Å². The standard InChI is InChI=1S/C23H23FN4O4/c24-17-7-5-16(6-8-17)22-18-4-2-1-3-15(18)9-10-28(22)23(30)20-13-19(26-27-25)21(14-32-20)31-12-11-29/h1-8,11,19-22H,9-10,12-14H2/t19?,20-,21+,22+/m1/s1. The summed E-state index contributed by atoms with van der Waals surface area (Å²) >= 11 is 0. The van der Waals surface area contributed by atoms with Crippen molar-refractivity contribution in [3.63, 3.8) is 0 Å². The number of halogens is 1. The summed E-state index contributed by atoms with van der Waals surface area (Å²) in [4.78, 5) is 28.8. The Labute approximate surface area is 184 Å². The van der Waals surface area contributed by atoms with Crippen LogP contribution in [0.2, 0.25) is 0 Å². The van der Waals surface area contributed by atoms with Crippen LogP contribution in [-0.2, 0) is 25.5 Å². The number of hydrogen-bond donors (Lipinski definition) is 0. The van der Waals surface area contributed by atoms with Crippen molar-refractivity contribution in [3.05, 3.63) is 81.5 Å². The van der Waals surface area contributed by atoms with Gasteiger partial charge in [0.25, 0.3) is 5.91 Å². The highest BCUT2D eigenvalue weighted by atomic mass is 19.1. The molecule has 4 rings (SSSR count). The normalized spacial score (nSPS) is 24.8. The maximum Gasteiger partial charge on any atom is 0.252 e. The van der Waals surface area contributed by atoms with E-state index in [1.165, 1.54) is 12.1 Å². The van der Waals surface area contributed by atoms with Crippen LogP contribution < -0.4 is 0 Å². The van der Waals surface area contributed by atoms with E-state index >= 15 is 0 Å². The number of carbonyl (C=O) groups is 2. The Hall–Kier alpha value is -3.26. The fraction of sp³-hybridized carbons (Fsp3) is 0.391. The number of nitrogens with zero attached hydrogens (tertiary/aromatic N) is 4. The van der Waals surface area contributed by atoms with Gasteiger partial charge in [-0.2, -0.15) is 0 Å². The molecular formula is C23H23FN4O4. The van der Waals surface area contributed by atoms with Gasteiger partial charge in [-0.3, -0.25) is 4.79 Å². The Morgan fingerprint density at radius 3 is 2.81 bits per heavy atom. The molecule has 0 spiro atoms. The molecule has 0 aromatic heterocycles. The van der Waals surface area contributed by atoms with Gasteiger partial charge in [-0.15, -0.1) is 0 Å². The van der Waals surface area contributed by atoms with Crippen molar-refractivity contribution in [2.24, 2.45) is 5.11 Å². The van der Waals surface area contributed by atoms with Crippen molar-refractivity contribution in [1.29, 1.82) is 0 Å². The molecule has 4 atom stereocenters. The minimum Gasteiger partial charge on any atom is -0.368 e. The first kappa shape index (κ1) is 22.0. The number of carbonyl (C=O) groups excluding carboxylic acids is 2. The Balaban J connectivity index is 1.61. The second-order valence-electron chi connectivity index (χ2n) is 7.80. The average molecular weight is 438 g/mol. The molecule has 1 fully saturated rings. The van der Waals surface area contributed by atoms with E-state index in [2.05, 4.69) is 10.0 Å². The van der Waals surface area contributed by atoms with E-state index < -0.39 is 18.2 Å². The van der Waals surface area contributed by atoms with Gasteiger partial charge in [-0.1, -0.05) is 41.5 Å². The zero-order valence-electron chi connectivity index (χ0n) is 17.3. The molecule has 0 N–H and O–H groups in total. The summed E-state index contributed by atoms with van der Waals surface area (Å²) in [5.74, 6) is -0.564. The van der Waals surface area contributed by atoms with Crippen LogP contribution in [0.25, 0.3) is 10.4 Å². The van der Waals surface area contributed by atoms with Crippen LogP contribution >= 0.6 is 0 Å². The number of fused-ring (bicyclic) bond motifs is 1. The summed E-state index contributed by atoms with van der Waals surface area (Å²) in [6.07, 6.45) is 0.0608. The Bertz CT molecular complexity index is 1020. The molecule has 2 aliphatic rings. The second kappa shape index (κ2) is 9.91. The van der Waals surface area contributed by atoms with E-state index in [1.807, 2.05) is 24.3 Å². The van der Waals surface area contributed by atoms with Gasteiger partial charge in [0, 0.05) is 11.5 Å². The van der Waals surface area contributed by atoms with E-state index in [4.69, 9.17) is 15.0 Å². The largest absolute Gasteiger partial charge is 0.368 e. The van der Waals surface area contributed by atoms with Crippen LogP contribution in [0.3, 0.4) is 0 Å². The van der Waals surface area contributed by atoms with Crippen molar-refractivity contribution in [1.82, 2.24) is 4.90 Å². The van der Waals surface area contributed by atoms with Crippen LogP contribution in [0.4, 0.5) is 4.39 Å². The Kier molecular flexibility index (Phi) is 6.80. The average Bonchev–Trinajstić information content (AvgIpc) is 2.83. The van der Waals surface area contributed by atoms with Crippen LogP contribution in [0, 0.1) is 5.82 Å². The molecule has 2 aromatic carbocycles. The van der Waals surface area contributed by atoms with Gasteiger partial charge in [0.05, 0.1) is 24.8 Å². The van der Waals surface area contributed by atoms with Crippen LogP contribution in [-0.4, -0.2) is 55.1 Å². The number of benzene rings is 2. The molecule has 2 heterocycles. The zero-order chi connectivity index (χ0) is 22.5. The number of rotatable bonds is 6. The minimum atomic E-state index is -0.810. The van der Waals surface area contributed by atoms with Crippen molar-refractivity contribution in [2.75, 3.05) is 19.8 Å². The lowest BCUT2D eigenvalue weighted by Crippen LogP contribution is -2.51. The van der Waals surface area contributed by atoms with Crippen LogP contribution in [0.5, 0.6) is 0 Å². The number of hydrogen-bond acceptors (Lipinski definition) is 5. The van der Waals surface area contributed by atoms with Gasteiger partial charge in [0.2, 0.25) is 0 Å². The highest BCUT2D eigenvalue weighted by Crippen LogP contribution is 2.36. The zero-order valence-corrected chi connectivity index (χ0v) is 17.3. The lowest BCUT2D eigenvalue weighted by molar-refractivity contribution is -0.158. The predicted molar refractivity (Wildman–Crippen MR) is 113 cm³/mol. The SMILES string of the molecule is [N-]=[N+]=NC1C[C@H](C(=O)N2CCc3ccccc3[C@@H]2c2ccc(F)cc2)OC[C@@H]1OCC=O. The maximum atomic E-state index is 13.6. The van der Waals surface area contributed by atoms with Gasteiger partial charge >= 0.3 is 0 Å². The van der Waals surface area contributed by atoms with Crippen molar-refractivity contribution in [3.8, 4) is 0 Å². The highest BCUT2D eigenvalue weighted by Gasteiger charge is 2.40. The molecule has 2 aliphatic heterocycles. The molecule has 1 amide bonds. The molecule has 1 unspecified atom stereocenters. The van der Waals surface area contributed by atoms with E-state index in [0.29, 0.717) is 19.3 Å². The molecule has 32 heavy (non-hydrogen) atoms. The third kappa shape index (κ3) is 4.50. The van der Waals surface area contributed by atoms with Crippen LogP contribution in [0.1, 0.15) is 29.2 Å². The van der Waals surface area contributed by atoms with Crippen molar-refractivity contribution < 1.29 is 23.5 Å². The molecule has 0 aliphatic carbocycles. The number of amides is 1. The molecule has 0 saturated carbocycles. The number of azide groups is 1. The van der Waals surface area contributed by atoms with Crippen LogP contribution in [0.15, 0.2) is 53.6 Å². The first-order valence-electron chi connectivity index (χ1n) is 10.5.